The van der Waals surface area contributed by atoms with E-state index in [4.69, 9.17) is 4.74 Å². The highest BCUT2D eigenvalue weighted by atomic mass is 32.1. The minimum absolute atomic E-state index is 0.130. The molecule has 1 saturated heterocycles. The summed E-state index contributed by atoms with van der Waals surface area (Å²) < 4.78 is 32.9. The standard InChI is InChI=1S/C23H21F2N3O3S/c1-3-31-21(29)16-11-27(23(30)28(12-16)22-26-14(2)13-32-22)18-7-4-15(5-8-18)19-10-17(24)6-9-20(19)25/h4-10,13,16H,3,11-12H2,1-2H3. The van der Waals surface area contributed by atoms with Gasteiger partial charge in [0.2, 0.25) is 0 Å². The number of esters is 1. The Hall–Kier alpha value is -3.33. The van der Waals surface area contributed by atoms with Crippen LogP contribution in [-0.4, -0.2) is 36.7 Å². The summed E-state index contributed by atoms with van der Waals surface area (Å²) in [6.07, 6.45) is 0. The van der Waals surface area contributed by atoms with Gasteiger partial charge in [0, 0.05) is 29.7 Å². The van der Waals surface area contributed by atoms with E-state index in [2.05, 4.69) is 4.98 Å². The first kappa shape index (κ1) is 21.9. The summed E-state index contributed by atoms with van der Waals surface area (Å²) in [6, 6.07) is 9.48. The number of aryl methyl sites for hydroxylation is 1. The molecule has 0 radical (unpaired) electrons. The van der Waals surface area contributed by atoms with Gasteiger partial charge < -0.3 is 4.74 Å². The third kappa shape index (κ3) is 4.34. The molecule has 1 fully saturated rings. The van der Waals surface area contributed by atoms with Crippen LogP contribution in [0.15, 0.2) is 47.8 Å². The molecular formula is C23H21F2N3O3S. The Morgan fingerprint density at radius 3 is 2.53 bits per heavy atom. The van der Waals surface area contributed by atoms with Crippen molar-refractivity contribution in [2.24, 2.45) is 5.92 Å². The number of carbonyl (C=O) groups excluding carboxylic acids is 2. The number of aromatic nitrogens is 1. The molecule has 0 spiro atoms. The van der Waals surface area contributed by atoms with Crippen LogP contribution in [-0.2, 0) is 9.53 Å². The van der Waals surface area contributed by atoms with Crippen molar-refractivity contribution >= 4 is 34.2 Å². The number of hydrogen-bond donors (Lipinski definition) is 0. The van der Waals surface area contributed by atoms with Crippen LogP contribution in [0.1, 0.15) is 12.6 Å². The van der Waals surface area contributed by atoms with E-state index in [0.717, 1.165) is 23.9 Å². The van der Waals surface area contributed by atoms with E-state index in [1.54, 1.807) is 31.2 Å². The van der Waals surface area contributed by atoms with Gasteiger partial charge in [-0.15, -0.1) is 11.3 Å². The first-order chi connectivity index (χ1) is 15.4. The molecule has 166 valence electrons. The van der Waals surface area contributed by atoms with E-state index in [1.165, 1.54) is 21.1 Å². The van der Waals surface area contributed by atoms with Gasteiger partial charge in [0.1, 0.15) is 11.6 Å². The van der Waals surface area contributed by atoms with Gasteiger partial charge in [-0.3, -0.25) is 14.6 Å². The fourth-order valence-electron chi connectivity index (χ4n) is 3.59. The normalized spacial score (nSPS) is 16.4. The molecule has 0 saturated carbocycles. The van der Waals surface area contributed by atoms with Crippen LogP contribution in [0.5, 0.6) is 0 Å². The molecular weight excluding hydrogens is 436 g/mol. The number of ether oxygens (including phenoxy) is 1. The Labute approximate surface area is 188 Å². The molecule has 1 aliphatic rings. The lowest BCUT2D eigenvalue weighted by Gasteiger charge is -2.38. The molecule has 2 amide bonds. The first-order valence-corrected chi connectivity index (χ1v) is 11.0. The molecule has 3 aromatic rings. The summed E-state index contributed by atoms with van der Waals surface area (Å²) in [5, 5.41) is 2.34. The maximum absolute atomic E-state index is 14.1. The molecule has 1 aromatic heterocycles. The zero-order chi connectivity index (χ0) is 22.8. The number of anilines is 2. The number of halogens is 2. The van der Waals surface area contributed by atoms with Gasteiger partial charge in [-0.1, -0.05) is 12.1 Å². The quantitative estimate of drug-likeness (QED) is 0.505. The van der Waals surface area contributed by atoms with Crippen molar-refractivity contribution < 1.29 is 23.1 Å². The van der Waals surface area contributed by atoms with Crippen molar-refractivity contribution in [1.29, 1.82) is 0 Å². The topological polar surface area (TPSA) is 62.7 Å². The Morgan fingerprint density at radius 2 is 1.88 bits per heavy atom. The molecule has 2 heterocycles. The van der Waals surface area contributed by atoms with Gasteiger partial charge in [0.25, 0.3) is 0 Å². The summed E-state index contributed by atoms with van der Waals surface area (Å²) in [5.41, 5.74) is 1.92. The van der Waals surface area contributed by atoms with Crippen molar-refractivity contribution in [1.82, 2.24) is 4.98 Å². The summed E-state index contributed by atoms with van der Waals surface area (Å²) in [7, 11) is 0. The number of nitrogens with zero attached hydrogens (tertiary/aromatic N) is 3. The van der Waals surface area contributed by atoms with E-state index in [0.29, 0.717) is 16.4 Å². The third-order valence-corrected chi connectivity index (χ3v) is 6.13. The van der Waals surface area contributed by atoms with Crippen molar-refractivity contribution in [2.45, 2.75) is 13.8 Å². The van der Waals surface area contributed by atoms with Crippen LogP contribution in [0.2, 0.25) is 0 Å². The van der Waals surface area contributed by atoms with E-state index in [9.17, 15) is 18.4 Å². The van der Waals surface area contributed by atoms with Crippen LogP contribution >= 0.6 is 11.3 Å². The first-order valence-electron chi connectivity index (χ1n) is 10.1. The molecule has 1 aliphatic heterocycles. The molecule has 1 unspecified atom stereocenters. The van der Waals surface area contributed by atoms with Crippen LogP contribution in [0.3, 0.4) is 0 Å². The third-order valence-electron chi connectivity index (χ3n) is 5.14. The number of urea groups is 1. The molecule has 0 N–H and O–H groups in total. The molecule has 0 bridgehead atoms. The monoisotopic (exact) mass is 457 g/mol. The van der Waals surface area contributed by atoms with Crippen LogP contribution in [0.25, 0.3) is 11.1 Å². The minimum Gasteiger partial charge on any atom is -0.466 e. The largest absolute Gasteiger partial charge is 0.466 e. The lowest BCUT2D eigenvalue weighted by Crippen LogP contribution is -2.56. The molecule has 2 aromatic carbocycles. The fourth-order valence-corrected chi connectivity index (χ4v) is 4.40. The Kier molecular flexibility index (Phi) is 6.18. The summed E-state index contributed by atoms with van der Waals surface area (Å²) in [4.78, 5) is 33.1. The maximum Gasteiger partial charge on any atom is 0.330 e. The Morgan fingerprint density at radius 1 is 1.16 bits per heavy atom. The second-order valence-corrected chi connectivity index (χ2v) is 8.23. The second-order valence-electron chi connectivity index (χ2n) is 7.40. The fraction of sp³-hybridized carbons (Fsp3) is 0.261. The van der Waals surface area contributed by atoms with Crippen LogP contribution in [0, 0.1) is 24.5 Å². The van der Waals surface area contributed by atoms with Gasteiger partial charge in [0.15, 0.2) is 5.13 Å². The van der Waals surface area contributed by atoms with Gasteiger partial charge in [-0.05, 0) is 49.7 Å². The minimum atomic E-state index is -0.558. The van der Waals surface area contributed by atoms with Crippen LogP contribution in [0.4, 0.5) is 24.4 Å². The van der Waals surface area contributed by atoms with E-state index >= 15 is 0 Å². The van der Waals surface area contributed by atoms with E-state index in [-0.39, 0.29) is 37.3 Å². The highest BCUT2D eigenvalue weighted by Gasteiger charge is 2.38. The molecule has 1 atom stereocenters. The van der Waals surface area contributed by atoms with Gasteiger partial charge in [0.05, 0.1) is 18.2 Å². The zero-order valence-electron chi connectivity index (χ0n) is 17.5. The summed E-state index contributed by atoms with van der Waals surface area (Å²) >= 11 is 1.32. The number of benzene rings is 2. The van der Waals surface area contributed by atoms with Gasteiger partial charge >= 0.3 is 12.0 Å². The molecule has 32 heavy (non-hydrogen) atoms. The predicted octanol–water partition coefficient (Wildman–Crippen LogP) is 5.02. The SMILES string of the molecule is CCOC(=O)C1CN(c2ccc(-c3cc(F)ccc3F)cc2)C(=O)N(c2nc(C)cs2)C1. The molecule has 9 heteroatoms. The molecule has 6 nitrogen and oxygen atoms in total. The Bertz CT molecular complexity index is 1150. The van der Waals surface area contributed by atoms with E-state index in [1.807, 2.05) is 12.3 Å². The summed E-state index contributed by atoms with van der Waals surface area (Å²) in [5.74, 6) is -2.02. The zero-order valence-corrected chi connectivity index (χ0v) is 18.4. The lowest BCUT2D eigenvalue weighted by molar-refractivity contribution is -0.147. The van der Waals surface area contributed by atoms with Crippen LogP contribution < -0.4 is 9.80 Å². The van der Waals surface area contributed by atoms with Gasteiger partial charge in [-0.2, -0.15) is 0 Å². The maximum atomic E-state index is 14.1. The average Bonchev–Trinajstić information content (AvgIpc) is 3.22. The van der Waals surface area contributed by atoms with Crippen molar-refractivity contribution in [3.8, 4) is 11.1 Å². The highest BCUT2D eigenvalue weighted by molar-refractivity contribution is 7.14. The number of carbonyl (C=O) groups is 2. The number of rotatable bonds is 5. The smallest absolute Gasteiger partial charge is 0.330 e. The second kappa shape index (κ2) is 9.04. The molecule has 0 aliphatic carbocycles. The number of hydrogen-bond acceptors (Lipinski definition) is 5. The highest BCUT2D eigenvalue weighted by Crippen LogP contribution is 2.31. The van der Waals surface area contributed by atoms with E-state index < -0.39 is 17.6 Å². The van der Waals surface area contributed by atoms with Crippen molar-refractivity contribution in [2.75, 3.05) is 29.5 Å². The van der Waals surface area contributed by atoms with Crippen molar-refractivity contribution in [3.05, 3.63) is 65.2 Å². The van der Waals surface area contributed by atoms with Crippen molar-refractivity contribution in [3.63, 3.8) is 0 Å². The van der Waals surface area contributed by atoms with Gasteiger partial charge in [-0.25, -0.2) is 18.6 Å². The Balaban J connectivity index is 1.66. The predicted molar refractivity (Wildman–Crippen MR) is 119 cm³/mol. The lowest BCUT2D eigenvalue weighted by atomic mass is 10.0. The summed E-state index contributed by atoms with van der Waals surface area (Å²) in [6.45, 7) is 4.13. The number of amides is 2. The number of thiazole rings is 1. The molecule has 4 rings (SSSR count). The average molecular weight is 458 g/mol.